The molecule has 3 nitrogen and oxygen atoms in total. The molecule has 3 heteroatoms. The molecule has 2 aromatic rings. The molecule has 150 valence electrons. The van der Waals surface area contributed by atoms with Crippen molar-refractivity contribution >= 4 is 5.97 Å². The molecule has 2 aromatic carbocycles. The molecular weight excluding hydrogens is 348 g/mol. The van der Waals surface area contributed by atoms with E-state index in [2.05, 4.69) is 45.9 Å². The number of benzene rings is 2. The van der Waals surface area contributed by atoms with Crippen LogP contribution < -0.4 is 4.74 Å². The Morgan fingerprint density at radius 3 is 2.21 bits per heavy atom. The molecule has 1 aliphatic rings. The van der Waals surface area contributed by atoms with Crippen molar-refractivity contribution in [3.8, 4) is 5.75 Å². The summed E-state index contributed by atoms with van der Waals surface area (Å²) < 4.78 is 6.00. The zero-order chi connectivity index (χ0) is 20.5. The first-order valence-corrected chi connectivity index (χ1v) is 10.2. The average Bonchev–Trinajstić information content (AvgIpc) is 2.64. The van der Waals surface area contributed by atoms with Crippen molar-refractivity contribution in [3.63, 3.8) is 0 Å². The van der Waals surface area contributed by atoms with Gasteiger partial charge in [0.25, 0.3) is 0 Å². The molecule has 0 saturated carbocycles. The van der Waals surface area contributed by atoms with Gasteiger partial charge in [0, 0.05) is 0 Å². The van der Waals surface area contributed by atoms with Crippen LogP contribution in [0.5, 0.6) is 5.75 Å². The molecule has 0 amide bonds. The average molecular weight is 381 g/mol. The van der Waals surface area contributed by atoms with Gasteiger partial charge in [-0.3, -0.25) is 4.79 Å². The van der Waals surface area contributed by atoms with E-state index in [9.17, 15) is 4.79 Å². The highest BCUT2D eigenvalue weighted by Crippen LogP contribution is 2.45. The lowest BCUT2D eigenvalue weighted by Crippen LogP contribution is -2.33. The molecule has 0 spiro atoms. The third kappa shape index (κ3) is 4.40. The molecule has 0 saturated heterocycles. The van der Waals surface area contributed by atoms with Crippen molar-refractivity contribution in [2.24, 2.45) is 0 Å². The zero-order valence-electron chi connectivity index (χ0n) is 17.7. The molecule has 28 heavy (non-hydrogen) atoms. The van der Waals surface area contributed by atoms with Crippen LogP contribution in [0.15, 0.2) is 42.5 Å². The fraction of sp³-hybridized carbons (Fsp3) is 0.480. The summed E-state index contributed by atoms with van der Waals surface area (Å²) >= 11 is 0. The monoisotopic (exact) mass is 380 g/mol. The lowest BCUT2D eigenvalue weighted by atomic mass is 9.63. The Kier molecular flexibility index (Phi) is 5.56. The van der Waals surface area contributed by atoms with E-state index in [1.165, 1.54) is 29.5 Å². The highest BCUT2D eigenvalue weighted by atomic mass is 16.5. The third-order valence-corrected chi connectivity index (χ3v) is 6.25. The number of fused-ring (bicyclic) bond motifs is 1. The van der Waals surface area contributed by atoms with Gasteiger partial charge in [-0.1, -0.05) is 65.0 Å². The molecule has 0 bridgehead atoms. The van der Waals surface area contributed by atoms with Crippen molar-refractivity contribution in [2.75, 3.05) is 0 Å². The number of carboxylic acid groups (broad SMARTS) is 1. The molecule has 0 fully saturated rings. The fourth-order valence-electron chi connectivity index (χ4n) is 4.16. The normalized spacial score (nSPS) is 18.2. The maximum Gasteiger partial charge on any atom is 0.303 e. The van der Waals surface area contributed by atoms with Crippen molar-refractivity contribution in [1.29, 1.82) is 0 Å². The minimum atomic E-state index is -0.772. The Morgan fingerprint density at radius 2 is 1.61 bits per heavy atom. The van der Waals surface area contributed by atoms with Gasteiger partial charge in [-0.2, -0.15) is 0 Å². The second kappa shape index (κ2) is 7.62. The van der Waals surface area contributed by atoms with Crippen LogP contribution in [0.4, 0.5) is 0 Å². The number of carbonyl (C=O) groups is 1. The van der Waals surface area contributed by atoms with Gasteiger partial charge >= 0.3 is 5.97 Å². The van der Waals surface area contributed by atoms with Crippen LogP contribution in [0.25, 0.3) is 0 Å². The van der Waals surface area contributed by atoms with E-state index in [0.717, 1.165) is 11.3 Å². The van der Waals surface area contributed by atoms with Gasteiger partial charge in [0.05, 0.1) is 6.42 Å². The van der Waals surface area contributed by atoms with Crippen LogP contribution in [0.3, 0.4) is 0 Å². The Bertz CT molecular complexity index is 847. The van der Waals surface area contributed by atoms with Gasteiger partial charge in [0.2, 0.25) is 0 Å². The quantitative estimate of drug-likeness (QED) is 0.649. The Balaban J connectivity index is 1.71. The van der Waals surface area contributed by atoms with E-state index < -0.39 is 5.97 Å². The fourth-order valence-corrected chi connectivity index (χ4v) is 4.16. The van der Waals surface area contributed by atoms with Gasteiger partial charge in [-0.15, -0.1) is 0 Å². The summed E-state index contributed by atoms with van der Waals surface area (Å²) in [4.78, 5) is 10.9. The van der Waals surface area contributed by atoms with Gasteiger partial charge in [-0.05, 0) is 64.0 Å². The Morgan fingerprint density at radius 1 is 1.00 bits per heavy atom. The van der Waals surface area contributed by atoms with Crippen molar-refractivity contribution < 1.29 is 14.6 Å². The van der Waals surface area contributed by atoms with E-state index in [1.54, 1.807) is 0 Å². The summed E-state index contributed by atoms with van der Waals surface area (Å²) in [5.41, 5.74) is 5.54. The van der Waals surface area contributed by atoms with Gasteiger partial charge in [-0.25, -0.2) is 0 Å². The zero-order valence-corrected chi connectivity index (χ0v) is 17.7. The molecule has 1 aliphatic carbocycles. The standard InChI is InChI=1S/C25H32O3/c1-17(14-23(26)27)19-7-9-20(10-8-19)28-16-18-6-11-21-22(15-18)25(4,5)13-12-24(21,2)3/h6-11,15,17H,12-14,16H2,1-5H3,(H,26,27)/t17-/m1/s1. The molecule has 0 aliphatic heterocycles. The third-order valence-electron chi connectivity index (χ3n) is 6.25. The van der Waals surface area contributed by atoms with Gasteiger partial charge in [0.15, 0.2) is 0 Å². The SMILES string of the molecule is C[C@H](CC(=O)O)c1ccc(OCc2ccc3c(c2)C(C)(C)CCC3(C)C)cc1. The second-order valence-electron chi connectivity index (χ2n) is 9.50. The smallest absolute Gasteiger partial charge is 0.303 e. The number of aliphatic carboxylic acids is 1. The van der Waals surface area contributed by atoms with E-state index in [4.69, 9.17) is 9.84 Å². The summed E-state index contributed by atoms with van der Waals surface area (Å²) in [6, 6.07) is 14.6. The van der Waals surface area contributed by atoms with E-state index in [1.807, 2.05) is 31.2 Å². The first-order chi connectivity index (χ1) is 13.1. The summed E-state index contributed by atoms with van der Waals surface area (Å²) in [5.74, 6) is 0.0349. The largest absolute Gasteiger partial charge is 0.489 e. The van der Waals surface area contributed by atoms with Gasteiger partial charge < -0.3 is 9.84 Å². The number of rotatable bonds is 6. The summed E-state index contributed by atoms with van der Waals surface area (Å²) in [7, 11) is 0. The van der Waals surface area contributed by atoms with Crippen LogP contribution in [-0.4, -0.2) is 11.1 Å². The lowest BCUT2D eigenvalue weighted by molar-refractivity contribution is -0.137. The van der Waals surface area contributed by atoms with Crippen molar-refractivity contribution in [1.82, 2.24) is 0 Å². The number of ether oxygens (including phenoxy) is 1. The van der Waals surface area contributed by atoms with Crippen LogP contribution in [0.2, 0.25) is 0 Å². The first-order valence-electron chi connectivity index (χ1n) is 10.2. The number of hydrogen-bond acceptors (Lipinski definition) is 2. The highest BCUT2D eigenvalue weighted by molar-refractivity contribution is 5.68. The maximum absolute atomic E-state index is 10.9. The van der Waals surface area contributed by atoms with Crippen LogP contribution in [0, 0.1) is 0 Å². The second-order valence-corrected chi connectivity index (χ2v) is 9.50. The maximum atomic E-state index is 10.9. The van der Waals surface area contributed by atoms with E-state index in [0.29, 0.717) is 6.61 Å². The predicted octanol–water partition coefficient (Wildman–Crippen LogP) is 6.19. The summed E-state index contributed by atoms with van der Waals surface area (Å²) in [5, 5.41) is 8.94. The lowest BCUT2D eigenvalue weighted by Gasteiger charge is -2.42. The minimum Gasteiger partial charge on any atom is -0.489 e. The van der Waals surface area contributed by atoms with E-state index >= 15 is 0 Å². The predicted molar refractivity (Wildman–Crippen MR) is 113 cm³/mol. The van der Waals surface area contributed by atoms with E-state index in [-0.39, 0.29) is 23.2 Å². The van der Waals surface area contributed by atoms with Crippen LogP contribution in [0.1, 0.15) is 82.1 Å². The highest BCUT2D eigenvalue weighted by Gasteiger charge is 2.36. The van der Waals surface area contributed by atoms with Crippen molar-refractivity contribution in [3.05, 3.63) is 64.7 Å². The number of hydrogen-bond donors (Lipinski definition) is 1. The molecule has 1 atom stereocenters. The molecule has 0 unspecified atom stereocenters. The summed E-state index contributed by atoms with van der Waals surface area (Å²) in [6.45, 7) is 11.8. The van der Waals surface area contributed by atoms with Crippen LogP contribution in [-0.2, 0) is 22.2 Å². The van der Waals surface area contributed by atoms with Crippen LogP contribution >= 0.6 is 0 Å². The molecule has 1 N–H and O–H groups in total. The van der Waals surface area contributed by atoms with Gasteiger partial charge in [0.1, 0.15) is 12.4 Å². The Labute approximate surface area is 168 Å². The molecule has 3 rings (SSSR count). The minimum absolute atomic E-state index is 0.00205. The molecular formula is C25H32O3. The summed E-state index contributed by atoms with van der Waals surface area (Å²) in [6.07, 6.45) is 2.56. The molecule has 0 heterocycles. The Hall–Kier alpha value is -2.29. The molecule has 0 radical (unpaired) electrons. The van der Waals surface area contributed by atoms with Crippen molar-refractivity contribution in [2.45, 2.75) is 77.2 Å². The topological polar surface area (TPSA) is 46.5 Å². The molecule has 0 aromatic heterocycles. The first kappa shape index (κ1) is 20.4. The number of carboxylic acids is 1.